The summed E-state index contributed by atoms with van der Waals surface area (Å²) in [5.74, 6) is -0.916. The minimum absolute atomic E-state index is 0.0835. The SMILES string of the molecule is O=C(Nc1ccccc1C(=O)N1CCCC1)c1ccc(N2C(=O)CCC2=O)cc1. The maximum absolute atomic E-state index is 12.7. The van der Waals surface area contributed by atoms with Crippen LogP contribution in [0.5, 0.6) is 0 Å². The fourth-order valence-electron chi connectivity index (χ4n) is 3.69. The number of anilines is 2. The van der Waals surface area contributed by atoms with Crippen molar-refractivity contribution in [1.82, 2.24) is 4.90 Å². The Morgan fingerprint density at radius 3 is 2.10 bits per heavy atom. The molecular weight excluding hydrogens is 370 g/mol. The topological polar surface area (TPSA) is 86.8 Å². The van der Waals surface area contributed by atoms with Gasteiger partial charge in [0, 0.05) is 31.5 Å². The third-order valence-electron chi connectivity index (χ3n) is 5.24. The zero-order valence-corrected chi connectivity index (χ0v) is 15.9. The Bertz CT molecular complexity index is 962. The van der Waals surface area contributed by atoms with Crippen molar-refractivity contribution in [2.75, 3.05) is 23.3 Å². The van der Waals surface area contributed by atoms with E-state index in [0.717, 1.165) is 30.8 Å². The highest BCUT2D eigenvalue weighted by Crippen LogP contribution is 2.24. The fraction of sp³-hybridized carbons (Fsp3) is 0.273. The summed E-state index contributed by atoms with van der Waals surface area (Å²) in [7, 11) is 0. The summed E-state index contributed by atoms with van der Waals surface area (Å²) in [5.41, 5.74) is 1.76. The minimum Gasteiger partial charge on any atom is -0.339 e. The molecule has 29 heavy (non-hydrogen) atoms. The molecule has 0 saturated carbocycles. The summed E-state index contributed by atoms with van der Waals surface area (Å²) < 4.78 is 0. The van der Waals surface area contributed by atoms with Gasteiger partial charge in [-0.15, -0.1) is 0 Å². The number of hydrogen-bond donors (Lipinski definition) is 1. The number of hydrogen-bond acceptors (Lipinski definition) is 4. The van der Waals surface area contributed by atoms with Crippen molar-refractivity contribution in [3.8, 4) is 0 Å². The second-order valence-corrected chi connectivity index (χ2v) is 7.17. The Labute approximate surface area is 168 Å². The lowest BCUT2D eigenvalue weighted by molar-refractivity contribution is -0.121. The lowest BCUT2D eigenvalue weighted by Crippen LogP contribution is -2.29. The maximum atomic E-state index is 12.7. The number of para-hydroxylation sites is 1. The van der Waals surface area contributed by atoms with Crippen LogP contribution in [0.4, 0.5) is 11.4 Å². The van der Waals surface area contributed by atoms with Crippen LogP contribution in [-0.4, -0.2) is 41.6 Å². The highest BCUT2D eigenvalue weighted by atomic mass is 16.2. The second-order valence-electron chi connectivity index (χ2n) is 7.17. The van der Waals surface area contributed by atoms with E-state index in [1.54, 1.807) is 53.4 Å². The van der Waals surface area contributed by atoms with Crippen LogP contribution in [-0.2, 0) is 9.59 Å². The lowest BCUT2D eigenvalue weighted by Gasteiger charge is -2.18. The lowest BCUT2D eigenvalue weighted by atomic mass is 10.1. The molecule has 4 rings (SSSR count). The van der Waals surface area contributed by atoms with Gasteiger partial charge in [0.05, 0.1) is 16.9 Å². The molecule has 4 amide bonds. The van der Waals surface area contributed by atoms with E-state index >= 15 is 0 Å². The van der Waals surface area contributed by atoms with E-state index in [1.807, 2.05) is 0 Å². The Hall–Kier alpha value is -3.48. The molecule has 0 atom stereocenters. The summed E-state index contributed by atoms with van der Waals surface area (Å²) in [6.45, 7) is 1.47. The van der Waals surface area contributed by atoms with E-state index in [2.05, 4.69) is 5.32 Å². The van der Waals surface area contributed by atoms with Gasteiger partial charge in [-0.2, -0.15) is 0 Å². The van der Waals surface area contributed by atoms with Crippen LogP contribution < -0.4 is 10.2 Å². The van der Waals surface area contributed by atoms with Crippen molar-refractivity contribution < 1.29 is 19.2 Å². The molecule has 0 aromatic heterocycles. The summed E-state index contributed by atoms with van der Waals surface area (Å²) in [4.78, 5) is 52.1. The fourth-order valence-corrected chi connectivity index (χ4v) is 3.69. The first-order chi connectivity index (χ1) is 14.0. The summed E-state index contributed by atoms with van der Waals surface area (Å²) in [6, 6.07) is 13.3. The molecule has 148 valence electrons. The largest absolute Gasteiger partial charge is 0.339 e. The molecule has 7 heteroatoms. The Morgan fingerprint density at radius 1 is 0.828 bits per heavy atom. The van der Waals surface area contributed by atoms with E-state index in [9.17, 15) is 19.2 Å². The summed E-state index contributed by atoms with van der Waals surface area (Å²) in [5, 5.41) is 2.80. The molecular formula is C22H21N3O4. The number of carbonyl (C=O) groups is 4. The molecule has 7 nitrogen and oxygen atoms in total. The Balaban J connectivity index is 1.51. The van der Waals surface area contributed by atoms with Crippen LogP contribution in [0.1, 0.15) is 46.4 Å². The average molecular weight is 391 g/mol. The number of benzene rings is 2. The standard InChI is InChI=1S/C22H21N3O4/c26-19-11-12-20(27)25(19)16-9-7-15(8-10-16)21(28)23-18-6-2-1-5-17(18)22(29)24-13-3-4-14-24/h1-2,5-10H,3-4,11-14H2,(H,23,28). The maximum Gasteiger partial charge on any atom is 0.255 e. The number of amides is 4. The Kier molecular flexibility index (Phi) is 5.12. The van der Waals surface area contributed by atoms with Crippen LogP contribution in [0.25, 0.3) is 0 Å². The van der Waals surface area contributed by atoms with E-state index in [4.69, 9.17) is 0 Å². The van der Waals surface area contributed by atoms with Gasteiger partial charge in [0.2, 0.25) is 11.8 Å². The van der Waals surface area contributed by atoms with E-state index in [-0.39, 0.29) is 36.5 Å². The van der Waals surface area contributed by atoms with Crippen molar-refractivity contribution in [2.24, 2.45) is 0 Å². The van der Waals surface area contributed by atoms with Gasteiger partial charge in [0.25, 0.3) is 11.8 Å². The molecule has 1 N–H and O–H groups in total. The Morgan fingerprint density at radius 2 is 1.45 bits per heavy atom. The summed E-state index contributed by atoms with van der Waals surface area (Å²) >= 11 is 0. The molecule has 0 bridgehead atoms. The van der Waals surface area contributed by atoms with Gasteiger partial charge >= 0.3 is 0 Å². The van der Waals surface area contributed by atoms with Crippen LogP contribution in [0.3, 0.4) is 0 Å². The van der Waals surface area contributed by atoms with Gasteiger partial charge < -0.3 is 10.2 Å². The van der Waals surface area contributed by atoms with E-state index in [0.29, 0.717) is 22.5 Å². The first-order valence-electron chi connectivity index (χ1n) is 9.70. The van der Waals surface area contributed by atoms with Crippen LogP contribution in [0, 0.1) is 0 Å². The highest BCUT2D eigenvalue weighted by molar-refractivity contribution is 6.20. The number of rotatable bonds is 4. The quantitative estimate of drug-likeness (QED) is 0.812. The van der Waals surface area contributed by atoms with E-state index in [1.165, 1.54) is 0 Å². The molecule has 2 heterocycles. The molecule has 0 unspecified atom stereocenters. The number of nitrogens with one attached hydrogen (secondary N) is 1. The third kappa shape index (κ3) is 3.76. The van der Waals surface area contributed by atoms with Gasteiger partial charge in [0.15, 0.2) is 0 Å². The zero-order valence-electron chi connectivity index (χ0n) is 15.9. The first kappa shape index (κ1) is 18.9. The molecule has 2 aliphatic heterocycles. The van der Waals surface area contributed by atoms with Gasteiger partial charge in [0.1, 0.15) is 0 Å². The van der Waals surface area contributed by atoms with Crippen molar-refractivity contribution in [3.63, 3.8) is 0 Å². The molecule has 2 aliphatic rings. The normalized spacial score (nSPS) is 16.4. The van der Waals surface area contributed by atoms with Gasteiger partial charge in [-0.25, -0.2) is 0 Å². The number of carbonyl (C=O) groups excluding carboxylic acids is 4. The van der Waals surface area contributed by atoms with Crippen LogP contribution >= 0.6 is 0 Å². The van der Waals surface area contributed by atoms with Crippen molar-refractivity contribution in [3.05, 3.63) is 59.7 Å². The number of imide groups is 1. The molecule has 0 spiro atoms. The van der Waals surface area contributed by atoms with Gasteiger partial charge in [-0.05, 0) is 49.2 Å². The smallest absolute Gasteiger partial charge is 0.255 e. The number of likely N-dealkylation sites (tertiary alicyclic amines) is 1. The highest BCUT2D eigenvalue weighted by Gasteiger charge is 2.30. The first-order valence-corrected chi connectivity index (χ1v) is 9.70. The summed E-state index contributed by atoms with van der Waals surface area (Å²) in [6.07, 6.45) is 2.41. The molecule has 2 aromatic carbocycles. The second kappa shape index (κ2) is 7.87. The zero-order chi connectivity index (χ0) is 20.4. The van der Waals surface area contributed by atoms with Crippen molar-refractivity contribution >= 4 is 35.0 Å². The molecule has 0 radical (unpaired) electrons. The molecule has 2 saturated heterocycles. The average Bonchev–Trinajstić information content (AvgIpc) is 3.38. The molecule has 0 aliphatic carbocycles. The third-order valence-corrected chi connectivity index (χ3v) is 5.24. The van der Waals surface area contributed by atoms with Crippen molar-refractivity contribution in [1.29, 1.82) is 0 Å². The minimum atomic E-state index is -0.364. The predicted octanol–water partition coefficient (Wildman–Crippen LogP) is 2.83. The van der Waals surface area contributed by atoms with Crippen LogP contribution in [0.2, 0.25) is 0 Å². The van der Waals surface area contributed by atoms with Crippen LogP contribution in [0.15, 0.2) is 48.5 Å². The van der Waals surface area contributed by atoms with E-state index < -0.39 is 0 Å². The monoisotopic (exact) mass is 391 g/mol. The molecule has 2 fully saturated rings. The number of nitrogens with zero attached hydrogens (tertiary/aromatic N) is 2. The predicted molar refractivity (Wildman–Crippen MR) is 108 cm³/mol. The van der Waals surface area contributed by atoms with Gasteiger partial charge in [-0.3, -0.25) is 24.1 Å². The van der Waals surface area contributed by atoms with Crippen molar-refractivity contribution in [2.45, 2.75) is 25.7 Å². The van der Waals surface area contributed by atoms with Gasteiger partial charge in [-0.1, -0.05) is 12.1 Å². The molecule has 2 aromatic rings.